The normalized spacial score (nSPS) is 17.3. The number of aryl methyl sites for hydroxylation is 1. The molecule has 0 spiro atoms. The van der Waals surface area contributed by atoms with E-state index < -0.39 is 0 Å². The molecule has 0 radical (unpaired) electrons. The number of fused-ring (bicyclic) bond motifs is 1. The van der Waals surface area contributed by atoms with E-state index in [-0.39, 0.29) is 11.1 Å². The van der Waals surface area contributed by atoms with E-state index in [9.17, 15) is 0 Å². The van der Waals surface area contributed by atoms with Crippen LogP contribution in [0.15, 0.2) is 36.5 Å². The zero-order valence-electron chi connectivity index (χ0n) is 11.0. The van der Waals surface area contributed by atoms with E-state index >= 15 is 0 Å². The molecule has 3 rings (SSSR count). The van der Waals surface area contributed by atoms with Gasteiger partial charge in [0.05, 0.1) is 11.8 Å². The van der Waals surface area contributed by atoms with Crippen LogP contribution >= 0.6 is 12.2 Å². The highest BCUT2D eigenvalue weighted by Crippen LogP contribution is 2.33. The van der Waals surface area contributed by atoms with E-state index in [2.05, 4.69) is 28.4 Å². The van der Waals surface area contributed by atoms with Gasteiger partial charge in [-0.1, -0.05) is 36.5 Å². The first-order valence-corrected chi connectivity index (χ1v) is 7.02. The Bertz CT molecular complexity index is 645. The molecule has 1 aromatic carbocycles. The summed E-state index contributed by atoms with van der Waals surface area (Å²) in [5.41, 5.74) is 8.89. The number of rotatable bonds is 3. The summed E-state index contributed by atoms with van der Waals surface area (Å²) in [4.78, 5) is 0.277. The molecule has 0 saturated carbocycles. The van der Waals surface area contributed by atoms with Crippen molar-refractivity contribution in [1.29, 1.82) is 0 Å². The van der Waals surface area contributed by atoms with Crippen LogP contribution in [0.3, 0.4) is 0 Å². The van der Waals surface area contributed by atoms with Crippen molar-refractivity contribution in [1.82, 2.24) is 10.2 Å². The average Bonchev–Trinajstić information content (AvgIpc) is 2.48. The number of hydrogen-bond donors (Lipinski definition) is 1. The highest BCUT2D eigenvalue weighted by atomic mass is 32.1. The van der Waals surface area contributed by atoms with E-state index in [4.69, 9.17) is 22.7 Å². The van der Waals surface area contributed by atoms with Crippen molar-refractivity contribution in [3.63, 3.8) is 0 Å². The fourth-order valence-electron chi connectivity index (χ4n) is 2.56. The van der Waals surface area contributed by atoms with Crippen LogP contribution in [-0.4, -0.2) is 15.2 Å². The van der Waals surface area contributed by atoms with Gasteiger partial charge in [-0.05, 0) is 36.5 Å². The molecular weight excluding hydrogens is 270 g/mol. The van der Waals surface area contributed by atoms with E-state index in [1.54, 1.807) is 12.3 Å². The predicted octanol–water partition coefficient (Wildman–Crippen LogP) is 2.57. The van der Waals surface area contributed by atoms with Crippen LogP contribution in [0.1, 0.15) is 35.6 Å². The highest BCUT2D eigenvalue weighted by molar-refractivity contribution is 7.80. The molecule has 2 aromatic rings. The van der Waals surface area contributed by atoms with E-state index in [0.29, 0.717) is 11.4 Å². The molecular formula is C15H15N3OS. The summed E-state index contributed by atoms with van der Waals surface area (Å²) in [7, 11) is 0. The molecule has 5 heteroatoms. The van der Waals surface area contributed by atoms with E-state index in [1.165, 1.54) is 11.1 Å². The third-order valence-electron chi connectivity index (χ3n) is 3.52. The Kier molecular flexibility index (Phi) is 3.60. The van der Waals surface area contributed by atoms with Crippen molar-refractivity contribution in [2.75, 3.05) is 0 Å². The number of aromatic nitrogens is 2. The van der Waals surface area contributed by atoms with Crippen LogP contribution in [0.5, 0.6) is 5.88 Å². The molecule has 1 heterocycles. The second-order valence-electron chi connectivity index (χ2n) is 4.81. The van der Waals surface area contributed by atoms with Crippen molar-refractivity contribution >= 4 is 17.2 Å². The van der Waals surface area contributed by atoms with Gasteiger partial charge in [-0.3, -0.25) is 0 Å². The second kappa shape index (κ2) is 5.54. The second-order valence-corrected chi connectivity index (χ2v) is 5.25. The Labute approximate surface area is 123 Å². The minimum Gasteiger partial charge on any atom is -0.468 e. The fourth-order valence-corrected chi connectivity index (χ4v) is 2.72. The summed E-state index contributed by atoms with van der Waals surface area (Å²) in [5, 5.41) is 7.89. The minimum atomic E-state index is -0.00949. The zero-order valence-corrected chi connectivity index (χ0v) is 11.8. The molecule has 0 amide bonds. The quantitative estimate of drug-likeness (QED) is 0.878. The van der Waals surface area contributed by atoms with Gasteiger partial charge < -0.3 is 10.5 Å². The number of thiocarbonyl (C=S) groups is 1. The minimum absolute atomic E-state index is 0.00949. The zero-order chi connectivity index (χ0) is 13.9. The van der Waals surface area contributed by atoms with Crippen molar-refractivity contribution < 1.29 is 4.74 Å². The SMILES string of the molecule is NC(=S)c1ccnnc1OC1CCCc2ccccc21. The molecule has 20 heavy (non-hydrogen) atoms. The van der Waals surface area contributed by atoms with Crippen LogP contribution in [0.2, 0.25) is 0 Å². The molecule has 1 atom stereocenters. The summed E-state index contributed by atoms with van der Waals surface area (Å²) in [6.45, 7) is 0. The number of nitrogens with zero attached hydrogens (tertiary/aromatic N) is 2. The topological polar surface area (TPSA) is 61.0 Å². The van der Waals surface area contributed by atoms with Crippen LogP contribution in [0, 0.1) is 0 Å². The first kappa shape index (κ1) is 13.0. The number of nitrogens with two attached hydrogens (primary N) is 1. The van der Waals surface area contributed by atoms with E-state index in [1.807, 2.05) is 6.07 Å². The molecule has 4 nitrogen and oxygen atoms in total. The molecule has 1 unspecified atom stereocenters. The van der Waals surface area contributed by atoms with Gasteiger partial charge >= 0.3 is 0 Å². The van der Waals surface area contributed by atoms with Gasteiger partial charge in [-0.25, -0.2) is 0 Å². The summed E-state index contributed by atoms with van der Waals surface area (Å²) < 4.78 is 6.03. The van der Waals surface area contributed by atoms with Gasteiger partial charge in [0, 0.05) is 0 Å². The lowest BCUT2D eigenvalue weighted by Gasteiger charge is -2.26. The smallest absolute Gasteiger partial charge is 0.244 e. The molecule has 1 aliphatic carbocycles. The average molecular weight is 285 g/mol. The van der Waals surface area contributed by atoms with E-state index in [0.717, 1.165) is 19.3 Å². The van der Waals surface area contributed by atoms with Crippen LogP contribution in [-0.2, 0) is 6.42 Å². The van der Waals surface area contributed by atoms with Crippen LogP contribution in [0.4, 0.5) is 0 Å². The predicted molar refractivity (Wildman–Crippen MR) is 80.7 cm³/mol. The summed E-state index contributed by atoms with van der Waals surface area (Å²) >= 11 is 5.03. The lowest BCUT2D eigenvalue weighted by Crippen LogP contribution is -2.19. The lowest BCUT2D eigenvalue weighted by atomic mass is 9.89. The standard InChI is InChI=1S/C15H15N3OS/c16-14(20)12-8-9-17-18-15(12)19-13-7-3-5-10-4-1-2-6-11(10)13/h1-2,4,6,8-9,13H,3,5,7H2,(H2,16,20). The molecule has 0 fully saturated rings. The Morgan fingerprint density at radius 1 is 1.30 bits per heavy atom. The molecule has 0 bridgehead atoms. The summed E-state index contributed by atoms with van der Waals surface area (Å²) in [6, 6.07) is 10.1. The van der Waals surface area contributed by atoms with Gasteiger partial charge in [-0.15, -0.1) is 5.10 Å². The van der Waals surface area contributed by atoms with Gasteiger partial charge in [0.1, 0.15) is 11.1 Å². The van der Waals surface area contributed by atoms with Crippen LogP contribution in [0.25, 0.3) is 0 Å². The Morgan fingerprint density at radius 2 is 2.15 bits per heavy atom. The van der Waals surface area contributed by atoms with Crippen molar-refractivity contribution in [2.45, 2.75) is 25.4 Å². The fraction of sp³-hybridized carbons (Fsp3) is 0.267. The summed E-state index contributed by atoms with van der Waals surface area (Å²) in [6.07, 6.45) is 4.72. The van der Waals surface area contributed by atoms with Gasteiger partial charge in [-0.2, -0.15) is 5.10 Å². The maximum absolute atomic E-state index is 6.03. The van der Waals surface area contributed by atoms with Gasteiger partial charge in [0.25, 0.3) is 0 Å². The largest absolute Gasteiger partial charge is 0.468 e. The molecule has 2 N–H and O–H groups in total. The molecule has 1 aromatic heterocycles. The molecule has 0 saturated heterocycles. The Hall–Kier alpha value is -2.01. The van der Waals surface area contributed by atoms with Gasteiger partial charge in [0.2, 0.25) is 5.88 Å². The van der Waals surface area contributed by atoms with Crippen molar-refractivity contribution in [3.05, 3.63) is 53.2 Å². The molecule has 1 aliphatic rings. The Morgan fingerprint density at radius 3 is 3.00 bits per heavy atom. The monoisotopic (exact) mass is 285 g/mol. The van der Waals surface area contributed by atoms with Crippen molar-refractivity contribution in [3.8, 4) is 5.88 Å². The molecule has 0 aliphatic heterocycles. The lowest BCUT2D eigenvalue weighted by molar-refractivity contribution is 0.173. The maximum Gasteiger partial charge on any atom is 0.244 e. The number of benzene rings is 1. The highest BCUT2D eigenvalue weighted by Gasteiger charge is 2.23. The van der Waals surface area contributed by atoms with Crippen molar-refractivity contribution in [2.24, 2.45) is 5.73 Å². The van der Waals surface area contributed by atoms with Gasteiger partial charge in [0.15, 0.2) is 0 Å². The third-order valence-corrected chi connectivity index (χ3v) is 3.74. The first-order valence-electron chi connectivity index (χ1n) is 6.61. The number of hydrogen-bond acceptors (Lipinski definition) is 4. The third kappa shape index (κ3) is 2.49. The maximum atomic E-state index is 6.03. The summed E-state index contributed by atoms with van der Waals surface area (Å²) in [5.74, 6) is 0.418. The van der Waals surface area contributed by atoms with Crippen LogP contribution < -0.4 is 10.5 Å². The molecule has 102 valence electrons. The Balaban J connectivity index is 1.92. The number of ether oxygens (including phenoxy) is 1. The first-order chi connectivity index (χ1) is 9.75.